The first-order valence-corrected chi connectivity index (χ1v) is 9.59. The number of ether oxygens (including phenoxy) is 2. The van der Waals surface area contributed by atoms with E-state index in [2.05, 4.69) is 20.8 Å². The highest BCUT2D eigenvalue weighted by Crippen LogP contribution is 2.33. The largest absolute Gasteiger partial charge is 0.444 e. The Hall–Kier alpha value is -3.40. The van der Waals surface area contributed by atoms with Gasteiger partial charge in [-0.2, -0.15) is 10.2 Å². The van der Waals surface area contributed by atoms with Gasteiger partial charge in [-0.05, 0) is 40.7 Å². The van der Waals surface area contributed by atoms with Gasteiger partial charge in [-0.25, -0.2) is 14.0 Å². The molecular weight excluding hydrogens is 388 g/mol. The van der Waals surface area contributed by atoms with Crippen molar-refractivity contribution in [2.45, 2.75) is 46.4 Å². The molecule has 30 heavy (non-hydrogen) atoms. The highest BCUT2D eigenvalue weighted by Gasteiger charge is 2.19. The molecule has 0 aliphatic carbocycles. The Balaban J connectivity index is 2.01. The van der Waals surface area contributed by atoms with E-state index in [0.717, 1.165) is 5.56 Å². The number of hydrogen-bond acceptors (Lipinski definition) is 6. The molecule has 3 rings (SSSR count). The Labute approximate surface area is 174 Å². The van der Waals surface area contributed by atoms with Gasteiger partial charge in [0.05, 0.1) is 35.5 Å². The van der Waals surface area contributed by atoms with E-state index in [9.17, 15) is 9.59 Å². The van der Waals surface area contributed by atoms with Crippen LogP contribution >= 0.6 is 0 Å². The SMILES string of the molecule is CCOC(C)n1cc(-c2c(NC=O)cnn3cc(NC(=O)OC(C)(C)C)cc23)cn1. The fourth-order valence-electron chi connectivity index (χ4n) is 3.01. The van der Waals surface area contributed by atoms with Crippen molar-refractivity contribution >= 4 is 29.4 Å². The van der Waals surface area contributed by atoms with Gasteiger partial charge in [0, 0.05) is 23.9 Å². The van der Waals surface area contributed by atoms with Crippen LogP contribution in [0.3, 0.4) is 0 Å². The predicted octanol–water partition coefficient (Wildman–Crippen LogP) is 3.67. The molecule has 10 heteroatoms. The number of nitrogens with zero attached hydrogens (tertiary/aromatic N) is 4. The zero-order valence-corrected chi connectivity index (χ0v) is 17.7. The molecule has 3 heterocycles. The van der Waals surface area contributed by atoms with Gasteiger partial charge in [-0.1, -0.05) is 0 Å². The van der Waals surface area contributed by atoms with Crippen LogP contribution in [0.5, 0.6) is 0 Å². The van der Waals surface area contributed by atoms with Crippen LogP contribution in [0.25, 0.3) is 16.6 Å². The standard InChI is InChI=1S/C20H26N6O4/c1-6-29-13(2)25-10-14(8-22-25)18-16(21-12-27)9-23-26-11-15(7-17(18)26)24-19(28)30-20(3,4)5/h7-13H,6H2,1-5H3,(H,21,27)(H,24,28). The van der Waals surface area contributed by atoms with Crippen LogP contribution in [0.1, 0.15) is 40.8 Å². The Kier molecular flexibility index (Phi) is 6.06. The average molecular weight is 414 g/mol. The summed E-state index contributed by atoms with van der Waals surface area (Å²) in [5.74, 6) is 0. The van der Waals surface area contributed by atoms with Crippen LogP contribution in [0.4, 0.5) is 16.2 Å². The average Bonchev–Trinajstić information content (AvgIpc) is 3.27. The minimum Gasteiger partial charge on any atom is -0.444 e. The number of nitrogens with one attached hydrogen (secondary N) is 2. The topological polar surface area (TPSA) is 112 Å². The Morgan fingerprint density at radius 2 is 2.03 bits per heavy atom. The number of hydrogen-bond donors (Lipinski definition) is 2. The molecule has 0 aliphatic rings. The van der Waals surface area contributed by atoms with Gasteiger partial charge < -0.3 is 14.8 Å². The van der Waals surface area contributed by atoms with Gasteiger partial charge in [0.25, 0.3) is 0 Å². The normalized spacial score (nSPS) is 12.6. The van der Waals surface area contributed by atoms with Crippen molar-refractivity contribution in [3.05, 3.63) is 30.9 Å². The molecule has 2 amide bonds. The van der Waals surface area contributed by atoms with E-state index in [-0.39, 0.29) is 6.23 Å². The first-order chi connectivity index (χ1) is 14.2. The third-order valence-corrected chi connectivity index (χ3v) is 4.17. The van der Waals surface area contributed by atoms with Gasteiger partial charge in [0.1, 0.15) is 11.8 Å². The van der Waals surface area contributed by atoms with Gasteiger partial charge >= 0.3 is 6.09 Å². The summed E-state index contributed by atoms with van der Waals surface area (Å²) in [5.41, 5.74) is 2.57. The summed E-state index contributed by atoms with van der Waals surface area (Å²) in [6, 6.07) is 1.76. The first-order valence-electron chi connectivity index (χ1n) is 9.59. The number of rotatable bonds is 7. The van der Waals surface area contributed by atoms with Crippen LogP contribution in [-0.4, -0.2) is 44.1 Å². The monoisotopic (exact) mass is 414 g/mol. The van der Waals surface area contributed by atoms with Crippen LogP contribution in [0, 0.1) is 0 Å². The summed E-state index contributed by atoms with van der Waals surface area (Å²) in [6.45, 7) is 9.75. The molecule has 0 saturated heterocycles. The summed E-state index contributed by atoms with van der Waals surface area (Å²) in [4.78, 5) is 23.2. The second-order valence-electron chi connectivity index (χ2n) is 7.64. The van der Waals surface area contributed by atoms with E-state index >= 15 is 0 Å². The zero-order valence-electron chi connectivity index (χ0n) is 17.7. The lowest BCUT2D eigenvalue weighted by Gasteiger charge is -2.19. The third-order valence-electron chi connectivity index (χ3n) is 4.17. The number of amides is 2. The maximum absolute atomic E-state index is 12.1. The van der Waals surface area contributed by atoms with Gasteiger partial charge in [0.15, 0.2) is 0 Å². The quantitative estimate of drug-likeness (QED) is 0.571. The van der Waals surface area contributed by atoms with Crippen molar-refractivity contribution in [3.8, 4) is 11.1 Å². The molecule has 1 unspecified atom stereocenters. The molecule has 3 aromatic rings. The molecule has 2 N–H and O–H groups in total. The van der Waals surface area contributed by atoms with Crippen LogP contribution in [0.15, 0.2) is 30.9 Å². The summed E-state index contributed by atoms with van der Waals surface area (Å²) < 4.78 is 14.2. The van der Waals surface area contributed by atoms with E-state index < -0.39 is 11.7 Å². The van der Waals surface area contributed by atoms with E-state index in [1.165, 1.54) is 6.20 Å². The van der Waals surface area contributed by atoms with Crippen LogP contribution in [-0.2, 0) is 14.3 Å². The lowest BCUT2D eigenvalue weighted by molar-refractivity contribution is -0.105. The van der Waals surface area contributed by atoms with E-state index in [1.807, 2.05) is 20.0 Å². The number of fused-ring (bicyclic) bond motifs is 1. The maximum atomic E-state index is 12.1. The van der Waals surface area contributed by atoms with E-state index in [0.29, 0.717) is 35.5 Å². The fourth-order valence-corrected chi connectivity index (χ4v) is 3.01. The van der Waals surface area contributed by atoms with Gasteiger partial charge in [0.2, 0.25) is 6.41 Å². The molecule has 0 spiro atoms. The Morgan fingerprint density at radius 3 is 2.70 bits per heavy atom. The van der Waals surface area contributed by atoms with Crippen molar-refractivity contribution in [2.75, 3.05) is 17.2 Å². The van der Waals surface area contributed by atoms with Crippen molar-refractivity contribution in [1.82, 2.24) is 19.4 Å². The second kappa shape index (κ2) is 8.54. The smallest absolute Gasteiger partial charge is 0.412 e. The van der Waals surface area contributed by atoms with Crippen LogP contribution < -0.4 is 10.6 Å². The van der Waals surface area contributed by atoms with Crippen LogP contribution in [0.2, 0.25) is 0 Å². The Morgan fingerprint density at radius 1 is 1.27 bits per heavy atom. The number of aromatic nitrogens is 4. The van der Waals surface area contributed by atoms with Gasteiger partial charge in [-0.3, -0.25) is 10.1 Å². The lowest BCUT2D eigenvalue weighted by Crippen LogP contribution is -2.27. The fraction of sp³-hybridized carbons (Fsp3) is 0.400. The lowest BCUT2D eigenvalue weighted by atomic mass is 10.1. The maximum Gasteiger partial charge on any atom is 0.412 e. The Bertz CT molecular complexity index is 1050. The van der Waals surface area contributed by atoms with E-state index in [1.54, 1.807) is 48.4 Å². The first kappa shape index (κ1) is 21.3. The molecule has 0 aliphatic heterocycles. The summed E-state index contributed by atoms with van der Waals surface area (Å²) in [5, 5.41) is 14.1. The highest BCUT2D eigenvalue weighted by molar-refractivity contribution is 5.95. The molecule has 0 bridgehead atoms. The van der Waals surface area contributed by atoms with Crippen molar-refractivity contribution < 1.29 is 19.1 Å². The molecule has 0 radical (unpaired) electrons. The molecule has 0 fully saturated rings. The highest BCUT2D eigenvalue weighted by atomic mass is 16.6. The minimum absolute atomic E-state index is 0.236. The molecule has 0 saturated carbocycles. The molecule has 10 nitrogen and oxygen atoms in total. The number of carbonyl (C=O) groups is 2. The minimum atomic E-state index is -0.612. The van der Waals surface area contributed by atoms with E-state index in [4.69, 9.17) is 9.47 Å². The summed E-state index contributed by atoms with van der Waals surface area (Å²) in [6.07, 6.45) is 6.52. The number of anilines is 2. The van der Waals surface area contributed by atoms with Crippen molar-refractivity contribution in [3.63, 3.8) is 0 Å². The number of carbonyl (C=O) groups excluding carboxylic acids is 2. The predicted molar refractivity (Wildman–Crippen MR) is 112 cm³/mol. The zero-order chi connectivity index (χ0) is 21.9. The third kappa shape index (κ3) is 4.77. The van der Waals surface area contributed by atoms with Crippen molar-refractivity contribution in [2.24, 2.45) is 0 Å². The molecule has 160 valence electrons. The molecule has 1 atom stereocenters. The second-order valence-corrected chi connectivity index (χ2v) is 7.64. The molecule has 3 aromatic heterocycles. The van der Waals surface area contributed by atoms with Crippen molar-refractivity contribution in [1.29, 1.82) is 0 Å². The van der Waals surface area contributed by atoms with Gasteiger partial charge in [-0.15, -0.1) is 0 Å². The summed E-state index contributed by atoms with van der Waals surface area (Å²) >= 11 is 0. The molecule has 0 aromatic carbocycles. The summed E-state index contributed by atoms with van der Waals surface area (Å²) in [7, 11) is 0. The molecular formula is C20H26N6O4.